The summed E-state index contributed by atoms with van der Waals surface area (Å²) in [7, 11) is 0. The summed E-state index contributed by atoms with van der Waals surface area (Å²) < 4.78 is 5.45. The van der Waals surface area contributed by atoms with E-state index in [0.29, 0.717) is 44.7 Å². The molecule has 1 N–H and O–H groups in total. The van der Waals surface area contributed by atoms with E-state index in [1.165, 1.54) is 0 Å². The minimum Gasteiger partial charge on any atom is -0.492 e. The average molecular weight is 351 g/mol. The highest BCUT2D eigenvalue weighted by Gasteiger charge is 2.30. The number of carboxylic acids is 1. The normalized spacial score (nSPS) is 16.4. The van der Waals surface area contributed by atoms with Gasteiger partial charge in [-0.25, -0.2) is 0 Å². The Morgan fingerprint density at radius 3 is 2.77 bits per heavy atom. The zero-order valence-corrected chi connectivity index (χ0v) is 13.6. The minimum atomic E-state index is -0.819. The third-order valence-electron chi connectivity index (χ3n) is 3.33. The van der Waals surface area contributed by atoms with Crippen LogP contribution in [0.4, 0.5) is 0 Å². The molecular weight excluding hydrogens is 331 g/mol. The van der Waals surface area contributed by atoms with Gasteiger partial charge in [-0.15, -0.1) is 24.8 Å². The van der Waals surface area contributed by atoms with Gasteiger partial charge in [0.1, 0.15) is 5.75 Å². The van der Waals surface area contributed by atoms with Crippen LogP contribution in [0.1, 0.15) is 19.3 Å². The first kappa shape index (κ1) is 20.5. The minimum absolute atomic E-state index is 0. The number of amides is 1. The van der Waals surface area contributed by atoms with Gasteiger partial charge in [0.15, 0.2) is 0 Å². The monoisotopic (exact) mass is 350 g/mol. The first-order chi connectivity index (χ1) is 9.66. The van der Waals surface area contributed by atoms with Crippen molar-refractivity contribution in [3.05, 3.63) is 24.5 Å². The van der Waals surface area contributed by atoms with Crippen LogP contribution in [0, 0.1) is 5.92 Å². The number of aromatic nitrogens is 1. The second-order valence-corrected chi connectivity index (χ2v) is 4.80. The van der Waals surface area contributed by atoms with Gasteiger partial charge in [0.2, 0.25) is 5.91 Å². The summed E-state index contributed by atoms with van der Waals surface area (Å²) in [4.78, 5) is 28.3. The summed E-state index contributed by atoms with van der Waals surface area (Å²) in [6.07, 6.45) is 4.84. The Hall–Kier alpha value is -1.53. The van der Waals surface area contributed by atoms with E-state index < -0.39 is 11.9 Å². The largest absolute Gasteiger partial charge is 0.492 e. The molecule has 2 rings (SSSR count). The van der Waals surface area contributed by atoms with Gasteiger partial charge in [0.05, 0.1) is 18.7 Å². The molecule has 1 fully saturated rings. The third kappa shape index (κ3) is 6.07. The molecule has 1 saturated heterocycles. The SMILES string of the molecule is Cl.Cl.O=C(O)C1CCN(C(=O)CCCOc2cccnc2)C1. The molecule has 1 atom stereocenters. The Morgan fingerprint density at radius 2 is 2.18 bits per heavy atom. The molecule has 0 aromatic carbocycles. The molecule has 1 unspecified atom stereocenters. The van der Waals surface area contributed by atoms with Crippen molar-refractivity contribution in [2.45, 2.75) is 19.3 Å². The number of carboxylic acid groups (broad SMARTS) is 1. The molecule has 6 nitrogen and oxygen atoms in total. The maximum Gasteiger partial charge on any atom is 0.308 e. The van der Waals surface area contributed by atoms with Gasteiger partial charge in [-0.1, -0.05) is 0 Å². The van der Waals surface area contributed by atoms with Crippen LogP contribution in [0.15, 0.2) is 24.5 Å². The number of likely N-dealkylation sites (tertiary alicyclic amines) is 1. The van der Waals surface area contributed by atoms with Crippen molar-refractivity contribution in [2.24, 2.45) is 5.92 Å². The number of halogens is 2. The van der Waals surface area contributed by atoms with Gasteiger partial charge in [-0.3, -0.25) is 14.6 Å². The van der Waals surface area contributed by atoms with Crippen LogP contribution in [-0.4, -0.2) is 46.6 Å². The van der Waals surface area contributed by atoms with E-state index in [-0.39, 0.29) is 30.7 Å². The van der Waals surface area contributed by atoms with E-state index in [0.717, 1.165) is 0 Å². The number of carbonyl (C=O) groups excluding carboxylic acids is 1. The molecule has 124 valence electrons. The van der Waals surface area contributed by atoms with E-state index in [1.807, 2.05) is 6.07 Å². The lowest BCUT2D eigenvalue weighted by Crippen LogP contribution is -2.30. The van der Waals surface area contributed by atoms with Crippen LogP contribution in [0.2, 0.25) is 0 Å². The van der Waals surface area contributed by atoms with E-state index in [2.05, 4.69) is 4.98 Å². The van der Waals surface area contributed by atoms with Crippen molar-refractivity contribution in [2.75, 3.05) is 19.7 Å². The standard InChI is InChI=1S/C14H18N2O4.2ClH/c17-13(16-7-5-11(10-16)14(18)19)4-2-8-20-12-3-1-6-15-9-12;;/h1,3,6,9,11H,2,4-5,7-8,10H2,(H,18,19);2*1H. The fraction of sp³-hybridized carbons (Fsp3) is 0.500. The molecule has 0 saturated carbocycles. The molecule has 0 radical (unpaired) electrons. The van der Waals surface area contributed by atoms with E-state index in [1.54, 1.807) is 23.4 Å². The number of carbonyl (C=O) groups is 2. The van der Waals surface area contributed by atoms with Gasteiger partial charge in [-0.2, -0.15) is 0 Å². The molecule has 22 heavy (non-hydrogen) atoms. The first-order valence-electron chi connectivity index (χ1n) is 6.70. The number of ether oxygens (including phenoxy) is 1. The molecule has 1 aliphatic heterocycles. The molecular formula is C14H20Cl2N2O4. The zero-order valence-electron chi connectivity index (χ0n) is 12.0. The molecule has 0 aliphatic carbocycles. The summed E-state index contributed by atoms with van der Waals surface area (Å²) in [5.74, 6) is -0.540. The molecule has 1 aliphatic rings. The smallest absolute Gasteiger partial charge is 0.308 e. The maximum atomic E-state index is 11.9. The number of hydrogen-bond donors (Lipinski definition) is 1. The van der Waals surface area contributed by atoms with Gasteiger partial charge in [-0.05, 0) is 25.0 Å². The Labute approximate surface area is 141 Å². The van der Waals surface area contributed by atoms with Gasteiger partial charge in [0.25, 0.3) is 0 Å². The molecule has 0 spiro atoms. The van der Waals surface area contributed by atoms with Crippen molar-refractivity contribution >= 4 is 36.7 Å². The Kier molecular flexibility index (Phi) is 9.53. The van der Waals surface area contributed by atoms with Crippen molar-refractivity contribution in [1.82, 2.24) is 9.88 Å². The van der Waals surface area contributed by atoms with Crippen molar-refractivity contribution in [1.29, 1.82) is 0 Å². The second-order valence-electron chi connectivity index (χ2n) is 4.80. The summed E-state index contributed by atoms with van der Waals surface area (Å²) in [6, 6.07) is 3.60. The average Bonchev–Trinajstić information content (AvgIpc) is 2.94. The highest BCUT2D eigenvalue weighted by molar-refractivity contribution is 5.85. The van der Waals surface area contributed by atoms with Crippen LogP contribution in [-0.2, 0) is 9.59 Å². The van der Waals surface area contributed by atoms with Crippen LogP contribution < -0.4 is 4.74 Å². The summed E-state index contributed by atoms with van der Waals surface area (Å²) >= 11 is 0. The lowest BCUT2D eigenvalue weighted by atomic mass is 10.1. The van der Waals surface area contributed by atoms with E-state index in [4.69, 9.17) is 9.84 Å². The lowest BCUT2D eigenvalue weighted by Gasteiger charge is -2.15. The van der Waals surface area contributed by atoms with Crippen molar-refractivity contribution < 1.29 is 19.4 Å². The second kappa shape index (κ2) is 10.2. The number of pyridine rings is 1. The Bertz CT molecular complexity index is 473. The number of rotatable bonds is 6. The fourth-order valence-electron chi connectivity index (χ4n) is 2.19. The van der Waals surface area contributed by atoms with Crippen LogP contribution in [0.5, 0.6) is 5.75 Å². The first-order valence-corrected chi connectivity index (χ1v) is 6.70. The van der Waals surface area contributed by atoms with Gasteiger partial charge >= 0.3 is 5.97 Å². The lowest BCUT2D eigenvalue weighted by molar-refractivity contribution is -0.141. The van der Waals surface area contributed by atoms with E-state index >= 15 is 0 Å². The summed E-state index contributed by atoms with van der Waals surface area (Å²) in [5, 5.41) is 8.89. The zero-order chi connectivity index (χ0) is 14.4. The Morgan fingerprint density at radius 1 is 1.41 bits per heavy atom. The van der Waals surface area contributed by atoms with Crippen molar-refractivity contribution in [3.63, 3.8) is 0 Å². The molecule has 1 aromatic heterocycles. The van der Waals surface area contributed by atoms with Crippen LogP contribution in [0.3, 0.4) is 0 Å². The maximum absolute atomic E-state index is 11.9. The van der Waals surface area contributed by atoms with Gasteiger partial charge in [0, 0.05) is 25.7 Å². The summed E-state index contributed by atoms with van der Waals surface area (Å²) in [5.41, 5.74) is 0. The molecule has 1 amide bonds. The molecule has 2 heterocycles. The predicted molar refractivity (Wildman–Crippen MR) is 85.8 cm³/mol. The number of nitrogens with zero attached hydrogens (tertiary/aromatic N) is 2. The molecule has 0 bridgehead atoms. The molecule has 8 heteroatoms. The number of aliphatic carboxylic acids is 1. The fourth-order valence-corrected chi connectivity index (χ4v) is 2.19. The van der Waals surface area contributed by atoms with Crippen LogP contribution >= 0.6 is 24.8 Å². The highest BCUT2D eigenvalue weighted by atomic mass is 35.5. The molecule has 1 aromatic rings. The van der Waals surface area contributed by atoms with Crippen molar-refractivity contribution in [3.8, 4) is 5.75 Å². The quantitative estimate of drug-likeness (QED) is 0.793. The van der Waals surface area contributed by atoms with E-state index in [9.17, 15) is 9.59 Å². The van der Waals surface area contributed by atoms with Gasteiger partial charge < -0.3 is 14.7 Å². The summed E-state index contributed by atoms with van der Waals surface area (Å²) in [6.45, 7) is 1.32. The third-order valence-corrected chi connectivity index (χ3v) is 3.33. The topological polar surface area (TPSA) is 79.7 Å². The highest BCUT2D eigenvalue weighted by Crippen LogP contribution is 2.17. The number of hydrogen-bond acceptors (Lipinski definition) is 4. The predicted octanol–water partition coefficient (Wildman–Crippen LogP) is 2.02. The Balaban J connectivity index is 0.00000220. The van der Waals surface area contributed by atoms with Crippen LogP contribution in [0.25, 0.3) is 0 Å².